The minimum absolute atomic E-state index is 0.198. The van der Waals surface area contributed by atoms with Crippen molar-refractivity contribution in [2.75, 3.05) is 37.7 Å². The van der Waals surface area contributed by atoms with E-state index in [-0.39, 0.29) is 6.04 Å². The molecule has 0 saturated carbocycles. The van der Waals surface area contributed by atoms with Crippen molar-refractivity contribution in [3.63, 3.8) is 0 Å². The van der Waals surface area contributed by atoms with Crippen LogP contribution in [0.5, 0.6) is 5.75 Å². The van der Waals surface area contributed by atoms with Crippen molar-refractivity contribution in [2.24, 2.45) is 5.14 Å². The van der Waals surface area contributed by atoms with Crippen LogP contribution in [0.4, 0.5) is 5.95 Å². The van der Waals surface area contributed by atoms with Gasteiger partial charge in [-0.2, -0.15) is 12.7 Å². The first-order valence-corrected chi connectivity index (χ1v) is 13.4. The summed E-state index contributed by atoms with van der Waals surface area (Å²) in [5.74, 6) is 2.21. The van der Waals surface area contributed by atoms with E-state index < -0.39 is 10.2 Å². The summed E-state index contributed by atoms with van der Waals surface area (Å²) in [4.78, 5) is 11.8. The number of ether oxygens (including phenoxy) is 1. The van der Waals surface area contributed by atoms with Crippen LogP contribution in [0, 0.1) is 13.8 Å². The van der Waals surface area contributed by atoms with Gasteiger partial charge in [0, 0.05) is 37.9 Å². The van der Waals surface area contributed by atoms with Crippen LogP contribution < -0.4 is 14.8 Å². The molecule has 1 atom stereocenters. The largest absolute Gasteiger partial charge is 0.488 e. The fourth-order valence-corrected chi connectivity index (χ4v) is 5.97. The zero-order chi connectivity index (χ0) is 25.0. The molecule has 4 aromatic rings. The van der Waals surface area contributed by atoms with Gasteiger partial charge in [0.25, 0.3) is 10.2 Å². The number of imidazole rings is 1. The molecule has 1 saturated heterocycles. The van der Waals surface area contributed by atoms with Crippen LogP contribution in [0.3, 0.4) is 0 Å². The number of anilines is 1. The lowest BCUT2D eigenvalue weighted by Crippen LogP contribution is -2.40. The number of nitrogens with zero attached hydrogens (tertiary/aromatic N) is 6. The Morgan fingerprint density at radius 1 is 1.08 bits per heavy atom. The molecule has 0 aliphatic carbocycles. The van der Waals surface area contributed by atoms with Crippen LogP contribution >= 0.6 is 0 Å². The summed E-state index contributed by atoms with van der Waals surface area (Å²) in [6.07, 6.45) is 2.41. The number of rotatable bonds is 4. The molecule has 0 bridgehead atoms. The number of aromatic nitrogens is 4. The quantitative estimate of drug-likeness (QED) is 0.443. The van der Waals surface area contributed by atoms with E-state index in [1.807, 2.05) is 44.2 Å². The van der Waals surface area contributed by atoms with E-state index in [0.29, 0.717) is 39.2 Å². The highest BCUT2D eigenvalue weighted by Gasteiger charge is 2.34. The second-order valence-corrected chi connectivity index (χ2v) is 10.7. The molecule has 188 valence electrons. The van der Waals surface area contributed by atoms with Gasteiger partial charge in [0.05, 0.1) is 22.5 Å². The summed E-state index contributed by atoms with van der Waals surface area (Å²) >= 11 is 0. The lowest BCUT2D eigenvalue weighted by Gasteiger charge is -2.31. The maximum atomic E-state index is 12.0. The van der Waals surface area contributed by atoms with Gasteiger partial charge in [0.1, 0.15) is 23.9 Å². The molecule has 12 heteroatoms. The van der Waals surface area contributed by atoms with Crippen molar-refractivity contribution < 1.29 is 17.7 Å². The van der Waals surface area contributed by atoms with Gasteiger partial charge in [-0.05, 0) is 44.5 Å². The van der Waals surface area contributed by atoms with Gasteiger partial charge < -0.3 is 14.2 Å². The second kappa shape index (κ2) is 8.57. The van der Waals surface area contributed by atoms with Gasteiger partial charge in [0.15, 0.2) is 5.75 Å². The van der Waals surface area contributed by atoms with Crippen LogP contribution in [-0.2, 0) is 10.2 Å². The summed E-state index contributed by atoms with van der Waals surface area (Å²) in [5, 5.41) is 9.55. The summed E-state index contributed by atoms with van der Waals surface area (Å²) in [6.45, 7) is 5.98. The number of hydrogen-bond acceptors (Lipinski definition) is 8. The van der Waals surface area contributed by atoms with Crippen LogP contribution in [0.2, 0.25) is 0 Å². The second-order valence-electron chi connectivity index (χ2n) is 9.16. The topological polar surface area (TPSA) is 133 Å². The zero-order valence-corrected chi connectivity index (χ0v) is 20.9. The van der Waals surface area contributed by atoms with Gasteiger partial charge in [0.2, 0.25) is 5.95 Å². The van der Waals surface area contributed by atoms with Gasteiger partial charge in [-0.25, -0.2) is 10.1 Å². The Balaban J connectivity index is 1.53. The Morgan fingerprint density at radius 3 is 2.67 bits per heavy atom. The standard InChI is InChI=1S/C24H27N7O4S/c1-15-21(16(2)35-28-15)17-7-8-19-22-23(17)34-14-20(18-6-3-4-9-26-18)31(22)24(27-19)29-10-5-11-30(13-12-29)36(25,32)33/h3-4,6-9,20H,5,10-14H2,1-2H3,(H2,25,32,33)/t20-/m1/s1. The third-order valence-electron chi connectivity index (χ3n) is 6.91. The number of aryl methyl sites for hydroxylation is 2. The molecular weight excluding hydrogens is 482 g/mol. The summed E-state index contributed by atoms with van der Waals surface area (Å²) in [7, 11) is -3.75. The van der Waals surface area contributed by atoms with Gasteiger partial charge in [-0.1, -0.05) is 11.2 Å². The van der Waals surface area contributed by atoms with Crippen molar-refractivity contribution in [3.8, 4) is 16.9 Å². The van der Waals surface area contributed by atoms with E-state index in [4.69, 9.17) is 19.4 Å². The predicted molar refractivity (Wildman–Crippen MR) is 134 cm³/mol. The highest BCUT2D eigenvalue weighted by Crippen LogP contribution is 2.45. The molecule has 2 aliphatic rings. The zero-order valence-electron chi connectivity index (χ0n) is 20.1. The number of hydrogen-bond donors (Lipinski definition) is 1. The average molecular weight is 510 g/mol. The fraction of sp³-hybridized carbons (Fsp3) is 0.375. The van der Waals surface area contributed by atoms with E-state index >= 15 is 0 Å². The fourth-order valence-electron chi connectivity index (χ4n) is 5.25. The minimum atomic E-state index is -3.75. The first kappa shape index (κ1) is 23.0. The lowest BCUT2D eigenvalue weighted by atomic mass is 10.0. The molecule has 0 radical (unpaired) electrons. The molecule has 0 unspecified atom stereocenters. The van der Waals surface area contributed by atoms with Crippen LogP contribution in [0.15, 0.2) is 41.1 Å². The van der Waals surface area contributed by atoms with E-state index in [1.165, 1.54) is 4.31 Å². The minimum Gasteiger partial charge on any atom is -0.488 e. The lowest BCUT2D eigenvalue weighted by molar-refractivity contribution is 0.257. The van der Waals surface area contributed by atoms with Crippen LogP contribution in [0.1, 0.15) is 29.6 Å². The third kappa shape index (κ3) is 3.72. The Hall–Kier alpha value is -3.48. The molecule has 1 fully saturated rings. The normalized spacial score (nSPS) is 18.9. The maximum absolute atomic E-state index is 12.0. The molecule has 3 aromatic heterocycles. The predicted octanol–water partition coefficient (Wildman–Crippen LogP) is 2.40. The van der Waals surface area contributed by atoms with E-state index in [9.17, 15) is 8.42 Å². The van der Waals surface area contributed by atoms with Crippen LogP contribution in [0.25, 0.3) is 22.2 Å². The van der Waals surface area contributed by atoms with Gasteiger partial charge in [-0.15, -0.1) is 0 Å². The first-order valence-electron chi connectivity index (χ1n) is 11.9. The molecule has 11 nitrogen and oxygen atoms in total. The Kier molecular flexibility index (Phi) is 5.47. The Labute approximate surface area is 208 Å². The highest BCUT2D eigenvalue weighted by molar-refractivity contribution is 7.86. The number of pyridine rings is 1. The van der Waals surface area contributed by atoms with Crippen molar-refractivity contribution >= 4 is 27.2 Å². The van der Waals surface area contributed by atoms with E-state index in [1.54, 1.807) is 6.20 Å². The molecule has 0 spiro atoms. The molecule has 6 rings (SSSR count). The molecule has 2 aliphatic heterocycles. The van der Waals surface area contributed by atoms with Crippen molar-refractivity contribution in [3.05, 3.63) is 53.7 Å². The van der Waals surface area contributed by atoms with Gasteiger partial charge >= 0.3 is 0 Å². The first-order chi connectivity index (χ1) is 17.3. The third-order valence-corrected chi connectivity index (χ3v) is 8.00. The Bertz CT molecular complexity index is 1530. The van der Waals surface area contributed by atoms with Gasteiger partial charge in [-0.3, -0.25) is 9.55 Å². The Morgan fingerprint density at radius 2 is 1.94 bits per heavy atom. The SMILES string of the molecule is Cc1noc(C)c1-c1ccc2nc(N3CCCN(S(N)(=O)=O)CC3)n3c2c1OC[C@@H]3c1ccccn1. The summed E-state index contributed by atoms with van der Waals surface area (Å²) in [5.41, 5.74) is 5.15. The van der Waals surface area contributed by atoms with Crippen molar-refractivity contribution in [1.29, 1.82) is 0 Å². The van der Waals surface area contributed by atoms with E-state index in [2.05, 4.69) is 19.6 Å². The van der Waals surface area contributed by atoms with Crippen LogP contribution in [-0.4, -0.2) is 65.2 Å². The summed E-state index contributed by atoms with van der Waals surface area (Å²) in [6, 6.07) is 9.62. The van der Waals surface area contributed by atoms with E-state index in [0.717, 1.165) is 51.0 Å². The molecule has 5 heterocycles. The molecule has 0 amide bonds. The molecule has 36 heavy (non-hydrogen) atoms. The smallest absolute Gasteiger partial charge is 0.276 e. The summed E-state index contributed by atoms with van der Waals surface area (Å²) < 4.78 is 39.3. The highest BCUT2D eigenvalue weighted by atomic mass is 32.2. The van der Waals surface area contributed by atoms with Crippen molar-refractivity contribution in [2.45, 2.75) is 26.3 Å². The number of benzene rings is 1. The van der Waals surface area contributed by atoms with Crippen molar-refractivity contribution in [1.82, 2.24) is 24.0 Å². The molecule has 1 aromatic carbocycles. The maximum Gasteiger partial charge on any atom is 0.276 e. The molecule has 2 N–H and O–H groups in total. The molecular formula is C24H27N7O4S. The average Bonchev–Trinajstić information content (AvgIpc) is 3.29. The number of nitrogens with two attached hydrogens (primary N) is 1. The monoisotopic (exact) mass is 509 g/mol.